The van der Waals surface area contributed by atoms with E-state index in [0.29, 0.717) is 31.5 Å². The molecule has 0 saturated carbocycles. The number of ether oxygens (including phenoxy) is 1. The SMILES string of the molecule is CCCN(CCNS(=O)c1cccc(Nc2cc3c(cn2)N(C)C(=O)C(C)N3C2CCOCC2)c1)CCC(C)C. The van der Waals surface area contributed by atoms with Gasteiger partial charge in [-0.2, -0.15) is 0 Å². The number of fused-ring (bicyclic) bond motifs is 1. The predicted molar refractivity (Wildman–Crippen MR) is 164 cm³/mol. The van der Waals surface area contributed by atoms with E-state index in [1.54, 1.807) is 11.1 Å². The summed E-state index contributed by atoms with van der Waals surface area (Å²) in [6, 6.07) is 9.65. The maximum atomic E-state index is 13.1. The van der Waals surface area contributed by atoms with Crippen molar-refractivity contribution in [2.24, 2.45) is 5.92 Å². The Labute approximate surface area is 242 Å². The van der Waals surface area contributed by atoms with Crippen molar-refractivity contribution in [2.45, 2.75) is 70.4 Å². The Hall–Kier alpha value is -2.53. The first-order valence-electron chi connectivity index (χ1n) is 14.7. The molecule has 1 aromatic heterocycles. The van der Waals surface area contributed by atoms with Gasteiger partial charge in [-0.05, 0) is 69.8 Å². The fourth-order valence-electron chi connectivity index (χ4n) is 5.48. The zero-order chi connectivity index (χ0) is 28.6. The number of likely N-dealkylation sites (N-methyl/N-ethyl adjacent to an activating group) is 1. The van der Waals surface area contributed by atoms with Crippen LogP contribution < -0.4 is 19.8 Å². The van der Waals surface area contributed by atoms with Crippen molar-refractivity contribution >= 4 is 39.8 Å². The highest BCUT2D eigenvalue weighted by Crippen LogP contribution is 2.39. The molecule has 2 aliphatic rings. The van der Waals surface area contributed by atoms with E-state index < -0.39 is 11.0 Å². The zero-order valence-electron chi connectivity index (χ0n) is 24.7. The van der Waals surface area contributed by atoms with E-state index in [1.807, 2.05) is 44.3 Å². The molecular formula is C30H46N6O3S. The van der Waals surface area contributed by atoms with Crippen molar-refractivity contribution in [3.63, 3.8) is 0 Å². The van der Waals surface area contributed by atoms with Gasteiger partial charge >= 0.3 is 0 Å². The second kappa shape index (κ2) is 14.4. The Balaban J connectivity index is 1.43. The number of aromatic nitrogens is 1. The second-order valence-corrected chi connectivity index (χ2v) is 12.5. The number of carbonyl (C=O) groups is 1. The molecule has 0 radical (unpaired) electrons. The Kier molecular flexibility index (Phi) is 10.9. The first-order valence-corrected chi connectivity index (χ1v) is 15.8. The number of benzene rings is 1. The first kappa shape index (κ1) is 30.4. The van der Waals surface area contributed by atoms with Crippen LogP contribution in [-0.2, 0) is 20.5 Å². The fraction of sp³-hybridized carbons (Fsp3) is 0.600. The molecule has 4 rings (SSSR count). The van der Waals surface area contributed by atoms with Crippen LogP contribution in [0.2, 0.25) is 0 Å². The highest BCUT2D eigenvalue weighted by Gasteiger charge is 2.38. The lowest BCUT2D eigenvalue weighted by Gasteiger charge is -2.45. The van der Waals surface area contributed by atoms with E-state index in [0.717, 1.165) is 60.9 Å². The molecule has 0 bridgehead atoms. The van der Waals surface area contributed by atoms with Crippen molar-refractivity contribution in [1.82, 2.24) is 14.6 Å². The van der Waals surface area contributed by atoms with E-state index >= 15 is 0 Å². The van der Waals surface area contributed by atoms with Crippen LogP contribution in [-0.4, -0.2) is 78.5 Å². The molecule has 2 aromatic rings. The lowest BCUT2D eigenvalue weighted by atomic mass is 10.00. The highest BCUT2D eigenvalue weighted by atomic mass is 32.2. The molecule has 1 fully saturated rings. The Morgan fingerprint density at radius 2 is 1.93 bits per heavy atom. The molecule has 220 valence electrons. The Bertz CT molecular complexity index is 1160. The van der Waals surface area contributed by atoms with Crippen LogP contribution in [0.15, 0.2) is 41.4 Å². The topological polar surface area (TPSA) is 90.0 Å². The summed E-state index contributed by atoms with van der Waals surface area (Å²) in [5.41, 5.74) is 2.62. The number of anilines is 4. The molecule has 2 aliphatic heterocycles. The lowest BCUT2D eigenvalue weighted by molar-refractivity contribution is -0.119. The van der Waals surface area contributed by atoms with Gasteiger partial charge < -0.3 is 24.8 Å². The molecule has 3 heterocycles. The van der Waals surface area contributed by atoms with E-state index in [-0.39, 0.29) is 18.0 Å². The molecule has 1 saturated heterocycles. The average Bonchev–Trinajstić information content (AvgIpc) is 2.95. The largest absolute Gasteiger partial charge is 0.381 e. The van der Waals surface area contributed by atoms with Crippen LogP contribution >= 0.6 is 0 Å². The van der Waals surface area contributed by atoms with Gasteiger partial charge in [0.15, 0.2) is 0 Å². The van der Waals surface area contributed by atoms with Crippen molar-refractivity contribution in [3.05, 3.63) is 36.5 Å². The van der Waals surface area contributed by atoms with E-state index in [9.17, 15) is 9.00 Å². The lowest BCUT2D eigenvalue weighted by Crippen LogP contribution is -2.55. The summed E-state index contributed by atoms with van der Waals surface area (Å²) in [5, 5.41) is 3.40. The van der Waals surface area contributed by atoms with Gasteiger partial charge in [0.1, 0.15) is 22.8 Å². The van der Waals surface area contributed by atoms with Gasteiger partial charge in [-0.25, -0.2) is 13.9 Å². The maximum Gasteiger partial charge on any atom is 0.249 e. The van der Waals surface area contributed by atoms with Crippen molar-refractivity contribution in [1.29, 1.82) is 0 Å². The fourth-order valence-corrected chi connectivity index (χ4v) is 6.36. The van der Waals surface area contributed by atoms with Gasteiger partial charge in [0, 0.05) is 51.1 Å². The first-order chi connectivity index (χ1) is 19.3. The minimum Gasteiger partial charge on any atom is -0.381 e. The molecule has 1 amide bonds. The van der Waals surface area contributed by atoms with E-state index in [2.05, 4.69) is 45.6 Å². The molecule has 1 aromatic carbocycles. The predicted octanol–water partition coefficient (Wildman–Crippen LogP) is 4.55. The van der Waals surface area contributed by atoms with Crippen LogP contribution in [0, 0.1) is 5.92 Å². The Morgan fingerprint density at radius 1 is 1.15 bits per heavy atom. The van der Waals surface area contributed by atoms with Crippen LogP contribution in [0.25, 0.3) is 0 Å². The third-order valence-electron chi connectivity index (χ3n) is 7.73. The molecule has 0 spiro atoms. The van der Waals surface area contributed by atoms with Crippen molar-refractivity contribution < 1.29 is 13.7 Å². The van der Waals surface area contributed by atoms with Gasteiger partial charge in [0.2, 0.25) is 5.91 Å². The van der Waals surface area contributed by atoms with Gasteiger partial charge in [0.05, 0.1) is 22.5 Å². The molecule has 2 N–H and O–H groups in total. The summed E-state index contributed by atoms with van der Waals surface area (Å²) in [6.07, 6.45) is 5.83. The van der Waals surface area contributed by atoms with Crippen LogP contribution in [0.1, 0.15) is 53.4 Å². The third-order valence-corrected chi connectivity index (χ3v) is 8.88. The number of amides is 1. The minimum absolute atomic E-state index is 0.0712. The summed E-state index contributed by atoms with van der Waals surface area (Å²) in [5.74, 6) is 1.43. The van der Waals surface area contributed by atoms with Crippen LogP contribution in [0.4, 0.5) is 22.9 Å². The Morgan fingerprint density at radius 3 is 2.65 bits per heavy atom. The van der Waals surface area contributed by atoms with E-state index in [1.165, 1.54) is 6.42 Å². The number of nitrogens with zero attached hydrogens (tertiary/aromatic N) is 4. The average molecular weight is 571 g/mol. The summed E-state index contributed by atoms with van der Waals surface area (Å²) in [4.78, 5) is 24.7. The second-order valence-electron chi connectivity index (χ2n) is 11.2. The third kappa shape index (κ3) is 7.60. The van der Waals surface area contributed by atoms with E-state index in [4.69, 9.17) is 4.74 Å². The summed E-state index contributed by atoms with van der Waals surface area (Å²) in [6.45, 7) is 13.8. The van der Waals surface area contributed by atoms with Crippen LogP contribution in [0.3, 0.4) is 0 Å². The normalized spacial score (nSPS) is 18.9. The van der Waals surface area contributed by atoms with Crippen molar-refractivity contribution in [2.75, 3.05) is 61.6 Å². The quantitative estimate of drug-likeness (QED) is 0.365. The van der Waals surface area contributed by atoms with Gasteiger partial charge in [-0.15, -0.1) is 0 Å². The molecule has 9 nitrogen and oxygen atoms in total. The number of hydrogen-bond donors (Lipinski definition) is 2. The molecule has 10 heteroatoms. The molecule has 40 heavy (non-hydrogen) atoms. The van der Waals surface area contributed by atoms with Gasteiger partial charge in [-0.1, -0.05) is 26.8 Å². The highest BCUT2D eigenvalue weighted by molar-refractivity contribution is 7.83. The zero-order valence-corrected chi connectivity index (χ0v) is 25.5. The smallest absolute Gasteiger partial charge is 0.249 e. The molecule has 0 aliphatic carbocycles. The summed E-state index contributed by atoms with van der Waals surface area (Å²) >= 11 is 0. The number of rotatable bonds is 13. The molecular weight excluding hydrogens is 524 g/mol. The maximum absolute atomic E-state index is 13.1. The summed E-state index contributed by atoms with van der Waals surface area (Å²) < 4.78 is 21.8. The number of carbonyl (C=O) groups excluding carboxylic acids is 1. The number of pyridine rings is 1. The van der Waals surface area contributed by atoms with Crippen molar-refractivity contribution in [3.8, 4) is 0 Å². The number of nitrogens with one attached hydrogen (secondary N) is 2. The standard InChI is InChI=1S/C30H46N6O3S/c1-6-14-35(15-10-22(2)3)16-13-32-40(38)26-9-7-8-24(19-26)33-29-20-27-28(21-31-29)34(5)30(37)23(4)36(27)25-11-17-39-18-12-25/h7-9,19-23,25,32H,6,10-18H2,1-5H3,(H,31,33). The molecule has 2 atom stereocenters. The van der Waals surface area contributed by atoms with Gasteiger partial charge in [0.25, 0.3) is 0 Å². The minimum atomic E-state index is -1.31. The number of hydrogen-bond acceptors (Lipinski definition) is 7. The van der Waals surface area contributed by atoms with Crippen LogP contribution in [0.5, 0.6) is 0 Å². The summed E-state index contributed by atoms with van der Waals surface area (Å²) in [7, 11) is 0.500. The monoisotopic (exact) mass is 570 g/mol. The molecule has 2 unspecified atom stereocenters. The van der Waals surface area contributed by atoms with Gasteiger partial charge in [-0.3, -0.25) is 4.79 Å².